The van der Waals surface area contributed by atoms with Crippen molar-refractivity contribution < 1.29 is 4.74 Å². The molecule has 0 amide bonds. The maximum atomic E-state index is 5.30. The molecule has 4 nitrogen and oxygen atoms in total. The summed E-state index contributed by atoms with van der Waals surface area (Å²) in [5.41, 5.74) is 0. The van der Waals surface area contributed by atoms with Crippen LogP contribution in [-0.4, -0.2) is 55.4 Å². The first-order valence-corrected chi connectivity index (χ1v) is 5.97. The van der Waals surface area contributed by atoms with Crippen molar-refractivity contribution in [2.24, 2.45) is 0 Å². The molecule has 5 heteroatoms. The molecule has 88 valence electrons. The Morgan fingerprint density at radius 1 is 1.47 bits per heavy atom. The Kier molecular flexibility index (Phi) is 5.90. The molecule has 0 aliphatic carbocycles. The molecule has 0 radical (unpaired) electrons. The molecule has 0 spiro atoms. The highest BCUT2D eigenvalue weighted by Gasteiger charge is 2.13. The summed E-state index contributed by atoms with van der Waals surface area (Å²) in [5.74, 6) is 0. The third-order valence-electron chi connectivity index (χ3n) is 2.35. The van der Waals surface area contributed by atoms with Crippen molar-refractivity contribution in [3.63, 3.8) is 0 Å². The lowest BCUT2D eigenvalue weighted by Gasteiger charge is -2.29. The van der Waals surface area contributed by atoms with Crippen LogP contribution in [0.2, 0.25) is 0 Å². The first-order valence-electron chi connectivity index (χ1n) is 5.57. The third-order valence-corrected chi connectivity index (χ3v) is 2.61. The summed E-state index contributed by atoms with van der Waals surface area (Å²) in [6.07, 6.45) is 0. The molecule has 2 N–H and O–H groups in total. The maximum absolute atomic E-state index is 5.30. The van der Waals surface area contributed by atoms with Gasteiger partial charge in [-0.25, -0.2) is 0 Å². The fraction of sp³-hybridized carbons (Fsp3) is 0.900. The van der Waals surface area contributed by atoms with Gasteiger partial charge in [0.15, 0.2) is 5.11 Å². The van der Waals surface area contributed by atoms with Crippen LogP contribution in [0.5, 0.6) is 0 Å². The molecule has 0 aromatic carbocycles. The Morgan fingerprint density at radius 2 is 2.13 bits per heavy atom. The van der Waals surface area contributed by atoms with Crippen LogP contribution in [-0.2, 0) is 4.74 Å². The van der Waals surface area contributed by atoms with Crippen LogP contribution in [0.3, 0.4) is 0 Å². The van der Waals surface area contributed by atoms with Crippen molar-refractivity contribution in [3.05, 3.63) is 0 Å². The van der Waals surface area contributed by atoms with Crippen LogP contribution in [0.15, 0.2) is 0 Å². The number of ether oxygens (including phenoxy) is 1. The van der Waals surface area contributed by atoms with E-state index in [1.165, 1.54) is 0 Å². The van der Waals surface area contributed by atoms with Gasteiger partial charge in [-0.15, -0.1) is 0 Å². The predicted octanol–water partition coefficient (Wildman–Crippen LogP) is 0.191. The van der Waals surface area contributed by atoms with Crippen LogP contribution < -0.4 is 10.6 Å². The number of morpholine rings is 1. The van der Waals surface area contributed by atoms with Gasteiger partial charge in [-0.1, -0.05) is 0 Å². The zero-order valence-corrected chi connectivity index (χ0v) is 10.4. The summed E-state index contributed by atoms with van der Waals surface area (Å²) in [7, 11) is 0. The van der Waals surface area contributed by atoms with Gasteiger partial charge in [-0.05, 0) is 26.1 Å². The lowest BCUT2D eigenvalue weighted by molar-refractivity contribution is 0.0352. The minimum absolute atomic E-state index is 0.384. The summed E-state index contributed by atoms with van der Waals surface area (Å²) in [4.78, 5) is 2.40. The van der Waals surface area contributed by atoms with Crippen molar-refractivity contribution in [3.8, 4) is 0 Å². The average Bonchev–Trinajstić information content (AvgIpc) is 2.19. The molecule has 1 aliphatic rings. The minimum atomic E-state index is 0.384. The smallest absolute Gasteiger partial charge is 0.166 e. The van der Waals surface area contributed by atoms with Crippen molar-refractivity contribution in [2.45, 2.75) is 19.9 Å². The zero-order valence-electron chi connectivity index (χ0n) is 9.58. The van der Waals surface area contributed by atoms with Gasteiger partial charge in [-0.3, -0.25) is 4.90 Å². The lowest BCUT2D eigenvalue weighted by atomic mass is 10.3. The quantitative estimate of drug-likeness (QED) is 0.676. The van der Waals surface area contributed by atoms with Gasteiger partial charge in [0, 0.05) is 32.2 Å². The van der Waals surface area contributed by atoms with E-state index >= 15 is 0 Å². The number of nitrogens with one attached hydrogen (secondary N) is 2. The molecule has 0 aromatic heterocycles. The lowest BCUT2D eigenvalue weighted by Crippen LogP contribution is -2.48. The molecule has 1 fully saturated rings. The molecule has 15 heavy (non-hydrogen) atoms. The van der Waals surface area contributed by atoms with Crippen LogP contribution >= 0.6 is 12.2 Å². The van der Waals surface area contributed by atoms with E-state index < -0.39 is 0 Å². The van der Waals surface area contributed by atoms with Crippen LogP contribution in [0.1, 0.15) is 13.8 Å². The highest BCUT2D eigenvalue weighted by atomic mass is 32.1. The minimum Gasteiger partial charge on any atom is -0.379 e. The molecular formula is C10H21N3OS. The number of thiocarbonyl (C=S) groups is 1. The average molecular weight is 231 g/mol. The summed E-state index contributed by atoms with van der Waals surface area (Å²) < 4.78 is 5.30. The second-order valence-corrected chi connectivity index (χ2v) is 4.23. The summed E-state index contributed by atoms with van der Waals surface area (Å²) in [6, 6.07) is 0.384. The van der Waals surface area contributed by atoms with E-state index in [2.05, 4.69) is 22.5 Å². The molecule has 0 bridgehead atoms. The van der Waals surface area contributed by atoms with Crippen molar-refractivity contribution >= 4 is 17.3 Å². The number of hydrogen-bond donors (Lipinski definition) is 2. The first-order chi connectivity index (χ1) is 7.22. The van der Waals surface area contributed by atoms with E-state index in [1.807, 2.05) is 6.92 Å². The molecule has 0 saturated carbocycles. The largest absolute Gasteiger partial charge is 0.379 e. The van der Waals surface area contributed by atoms with Crippen molar-refractivity contribution in [1.29, 1.82) is 0 Å². The Bertz CT molecular complexity index is 195. The fourth-order valence-electron chi connectivity index (χ4n) is 1.65. The molecule has 1 atom stereocenters. The van der Waals surface area contributed by atoms with Gasteiger partial charge in [0.25, 0.3) is 0 Å². The van der Waals surface area contributed by atoms with Gasteiger partial charge >= 0.3 is 0 Å². The summed E-state index contributed by atoms with van der Waals surface area (Å²) >= 11 is 5.13. The summed E-state index contributed by atoms with van der Waals surface area (Å²) in [5, 5.41) is 7.11. The molecule has 1 heterocycles. The topological polar surface area (TPSA) is 36.5 Å². The van der Waals surface area contributed by atoms with Crippen LogP contribution in [0.4, 0.5) is 0 Å². The molecular weight excluding hydrogens is 210 g/mol. The van der Waals surface area contributed by atoms with Crippen LogP contribution in [0, 0.1) is 0 Å². The second-order valence-electron chi connectivity index (χ2n) is 3.82. The molecule has 1 rings (SSSR count). The van der Waals surface area contributed by atoms with Gasteiger partial charge in [-0.2, -0.15) is 0 Å². The normalized spacial score (nSPS) is 19.6. The zero-order chi connectivity index (χ0) is 11.1. The Balaban J connectivity index is 2.16. The standard InChI is InChI=1S/C10H21N3OS/c1-3-11-10(15)12-9(2)8-13-4-6-14-7-5-13/h9H,3-8H2,1-2H3,(H2,11,12,15). The molecule has 1 saturated heterocycles. The van der Waals surface area contributed by atoms with Gasteiger partial charge in [0.2, 0.25) is 0 Å². The summed E-state index contributed by atoms with van der Waals surface area (Å²) in [6.45, 7) is 9.85. The van der Waals surface area contributed by atoms with E-state index in [4.69, 9.17) is 17.0 Å². The Labute approximate surface area is 97.3 Å². The van der Waals surface area contributed by atoms with Crippen molar-refractivity contribution in [1.82, 2.24) is 15.5 Å². The van der Waals surface area contributed by atoms with E-state index in [0.717, 1.165) is 44.5 Å². The Morgan fingerprint density at radius 3 is 2.73 bits per heavy atom. The predicted molar refractivity (Wildman–Crippen MR) is 66.1 cm³/mol. The SMILES string of the molecule is CCNC(=S)NC(C)CN1CCOCC1. The molecule has 1 aliphatic heterocycles. The van der Waals surface area contributed by atoms with E-state index in [0.29, 0.717) is 6.04 Å². The molecule has 1 unspecified atom stereocenters. The Hall–Kier alpha value is -0.390. The van der Waals surface area contributed by atoms with Crippen LogP contribution in [0.25, 0.3) is 0 Å². The third kappa shape index (κ3) is 5.30. The van der Waals surface area contributed by atoms with Gasteiger partial charge in [0.05, 0.1) is 13.2 Å². The maximum Gasteiger partial charge on any atom is 0.166 e. The highest BCUT2D eigenvalue weighted by molar-refractivity contribution is 7.80. The van der Waals surface area contributed by atoms with Crippen molar-refractivity contribution in [2.75, 3.05) is 39.4 Å². The first kappa shape index (κ1) is 12.7. The molecule has 0 aromatic rings. The van der Waals surface area contributed by atoms with E-state index in [-0.39, 0.29) is 0 Å². The number of nitrogens with zero attached hydrogens (tertiary/aromatic N) is 1. The fourth-order valence-corrected chi connectivity index (χ4v) is 2.00. The van der Waals surface area contributed by atoms with Gasteiger partial charge < -0.3 is 15.4 Å². The van der Waals surface area contributed by atoms with Gasteiger partial charge in [0.1, 0.15) is 0 Å². The highest BCUT2D eigenvalue weighted by Crippen LogP contribution is 1.98. The number of rotatable bonds is 4. The number of hydrogen-bond acceptors (Lipinski definition) is 3. The second kappa shape index (κ2) is 6.98. The van der Waals surface area contributed by atoms with E-state index in [1.54, 1.807) is 0 Å². The van der Waals surface area contributed by atoms with E-state index in [9.17, 15) is 0 Å². The monoisotopic (exact) mass is 231 g/mol.